The zero-order chi connectivity index (χ0) is 17.9. The summed E-state index contributed by atoms with van der Waals surface area (Å²) in [6.45, 7) is 0. The Morgan fingerprint density at radius 1 is 0.885 bits per heavy atom. The summed E-state index contributed by atoms with van der Waals surface area (Å²) in [5, 5.41) is 9.92. The van der Waals surface area contributed by atoms with Crippen molar-refractivity contribution in [3.8, 4) is 22.7 Å². The highest BCUT2D eigenvalue weighted by atomic mass is 32.2. The third-order valence-electron chi connectivity index (χ3n) is 3.50. The van der Waals surface area contributed by atoms with E-state index in [4.69, 9.17) is 4.42 Å². The number of halogens is 2. The minimum absolute atomic E-state index is 0.271. The lowest BCUT2D eigenvalue weighted by molar-refractivity contribution is 0.528. The number of hydrogen-bond donors (Lipinski definition) is 0. The minimum Gasteiger partial charge on any atom is -0.420 e. The van der Waals surface area contributed by atoms with Crippen LogP contribution in [-0.2, 0) is 5.75 Å². The second-order valence-corrected chi connectivity index (χ2v) is 7.38. The molecule has 2 aromatic carbocycles. The SMILES string of the molecule is Fc1ccc(-c2csc(SCc3nnc(-c4ccc(F)cc4)o3)n2)cc1. The van der Waals surface area contributed by atoms with Crippen molar-refractivity contribution in [3.63, 3.8) is 0 Å². The lowest BCUT2D eigenvalue weighted by Gasteiger charge is -1.96. The van der Waals surface area contributed by atoms with E-state index < -0.39 is 0 Å². The van der Waals surface area contributed by atoms with Gasteiger partial charge in [0.15, 0.2) is 4.34 Å². The summed E-state index contributed by atoms with van der Waals surface area (Å²) in [6.07, 6.45) is 0. The summed E-state index contributed by atoms with van der Waals surface area (Å²) in [6, 6.07) is 12.1. The molecular weight excluding hydrogens is 376 g/mol. The van der Waals surface area contributed by atoms with Crippen LogP contribution in [0.25, 0.3) is 22.7 Å². The Labute approximate surface area is 155 Å². The largest absolute Gasteiger partial charge is 0.420 e. The lowest BCUT2D eigenvalue weighted by atomic mass is 10.2. The molecule has 8 heteroatoms. The van der Waals surface area contributed by atoms with Crippen LogP contribution in [0.3, 0.4) is 0 Å². The number of benzene rings is 2. The molecule has 0 aliphatic rings. The van der Waals surface area contributed by atoms with Crippen LogP contribution in [0.1, 0.15) is 5.89 Å². The molecule has 0 aliphatic carbocycles. The fourth-order valence-electron chi connectivity index (χ4n) is 2.22. The van der Waals surface area contributed by atoms with Crippen molar-refractivity contribution < 1.29 is 13.2 Å². The first-order valence-electron chi connectivity index (χ1n) is 7.60. The van der Waals surface area contributed by atoms with Crippen molar-refractivity contribution in [3.05, 3.63) is 71.4 Å². The summed E-state index contributed by atoms with van der Waals surface area (Å²) in [5.41, 5.74) is 2.34. The molecule has 0 saturated carbocycles. The Morgan fingerprint density at radius 2 is 1.54 bits per heavy atom. The van der Waals surface area contributed by atoms with Crippen LogP contribution in [0, 0.1) is 11.6 Å². The van der Waals surface area contributed by atoms with Gasteiger partial charge in [-0.3, -0.25) is 0 Å². The van der Waals surface area contributed by atoms with Gasteiger partial charge in [0.2, 0.25) is 11.8 Å². The standard InChI is InChI=1S/C18H11F2N3OS2/c19-13-5-1-11(2-6-13)15-9-25-18(21-15)26-10-16-22-23-17(24-16)12-3-7-14(20)8-4-12/h1-9H,10H2. The van der Waals surface area contributed by atoms with Crippen molar-refractivity contribution in [2.75, 3.05) is 0 Å². The first-order valence-corrected chi connectivity index (χ1v) is 9.46. The van der Waals surface area contributed by atoms with Gasteiger partial charge in [0.25, 0.3) is 0 Å². The van der Waals surface area contributed by atoms with E-state index in [1.807, 2.05) is 5.38 Å². The molecule has 4 aromatic rings. The highest BCUT2D eigenvalue weighted by Gasteiger charge is 2.11. The third-order valence-corrected chi connectivity index (χ3v) is 5.51. The number of thiazole rings is 1. The maximum Gasteiger partial charge on any atom is 0.247 e. The van der Waals surface area contributed by atoms with Crippen molar-refractivity contribution in [2.45, 2.75) is 10.1 Å². The average molecular weight is 387 g/mol. The maximum atomic E-state index is 13.0. The maximum absolute atomic E-state index is 13.0. The molecular formula is C18H11F2N3OS2. The molecule has 2 aromatic heterocycles. The van der Waals surface area contributed by atoms with Gasteiger partial charge < -0.3 is 4.42 Å². The number of hydrogen-bond acceptors (Lipinski definition) is 6. The van der Waals surface area contributed by atoms with E-state index in [1.54, 1.807) is 24.3 Å². The van der Waals surface area contributed by atoms with Gasteiger partial charge in [-0.15, -0.1) is 21.5 Å². The molecule has 0 amide bonds. The van der Waals surface area contributed by atoms with Gasteiger partial charge in [0.1, 0.15) is 11.6 Å². The highest BCUT2D eigenvalue weighted by Crippen LogP contribution is 2.30. The topological polar surface area (TPSA) is 51.8 Å². The fraction of sp³-hybridized carbons (Fsp3) is 0.0556. The number of aromatic nitrogens is 3. The second kappa shape index (κ2) is 7.35. The first kappa shape index (κ1) is 16.9. The molecule has 0 N–H and O–H groups in total. The van der Waals surface area contributed by atoms with E-state index in [-0.39, 0.29) is 11.6 Å². The van der Waals surface area contributed by atoms with Gasteiger partial charge in [0, 0.05) is 16.5 Å². The lowest BCUT2D eigenvalue weighted by Crippen LogP contribution is -1.81. The van der Waals surface area contributed by atoms with Gasteiger partial charge in [-0.2, -0.15) is 0 Å². The zero-order valence-electron chi connectivity index (χ0n) is 13.2. The van der Waals surface area contributed by atoms with Crippen LogP contribution in [0.2, 0.25) is 0 Å². The Morgan fingerprint density at radius 3 is 2.23 bits per heavy atom. The predicted octanol–water partition coefficient (Wildman–Crippen LogP) is 5.43. The summed E-state index contributed by atoms with van der Waals surface area (Å²) in [7, 11) is 0. The summed E-state index contributed by atoms with van der Waals surface area (Å²) >= 11 is 2.98. The Balaban J connectivity index is 1.42. The number of nitrogens with zero attached hydrogens (tertiary/aromatic N) is 3. The molecule has 0 fully saturated rings. The molecule has 4 rings (SSSR count). The van der Waals surface area contributed by atoms with E-state index in [1.165, 1.54) is 47.4 Å². The third kappa shape index (κ3) is 3.81. The Kier molecular flexibility index (Phi) is 4.77. The first-order chi connectivity index (χ1) is 12.7. The minimum atomic E-state index is -0.315. The molecule has 0 saturated heterocycles. The second-order valence-electron chi connectivity index (χ2n) is 5.30. The van der Waals surface area contributed by atoms with E-state index in [9.17, 15) is 8.78 Å². The molecule has 0 bridgehead atoms. The van der Waals surface area contributed by atoms with E-state index in [0.717, 1.165) is 15.6 Å². The molecule has 0 radical (unpaired) electrons. The number of rotatable bonds is 5. The molecule has 0 spiro atoms. The van der Waals surface area contributed by atoms with Crippen LogP contribution in [0.4, 0.5) is 8.78 Å². The smallest absolute Gasteiger partial charge is 0.247 e. The normalized spacial score (nSPS) is 11.0. The van der Waals surface area contributed by atoms with Crippen LogP contribution in [-0.4, -0.2) is 15.2 Å². The molecule has 0 atom stereocenters. The van der Waals surface area contributed by atoms with Gasteiger partial charge in [-0.1, -0.05) is 11.8 Å². The molecule has 2 heterocycles. The van der Waals surface area contributed by atoms with Crippen LogP contribution in [0.15, 0.2) is 62.7 Å². The van der Waals surface area contributed by atoms with Gasteiger partial charge in [0.05, 0.1) is 11.4 Å². The Hall–Kier alpha value is -2.58. The predicted molar refractivity (Wildman–Crippen MR) is 96.8 cm³/mol. The van der Waals surface area contributed by atoms with Gasteiger partial charge in [-0.25, -0.2) is 13.8 Å². The van der Waals surface area contributed by atoms with E-state index >= 15 is 0 Å². The fourth-order valence-corrected chi connectivity index (χ4v) is 3.89. The Bertz CT molecular complexity index is 930. The summed E-state index contributed by atoms with van der Waals surface area (Å²) in [4.78, 5) is 4.53. The van der Waals surface area contributed by atoms with Crippen LogP contribution < -0.4 is 0 Å². The molecule has 130 valence electrons. The molecule has 0 unspecified atom stereocenters. The summed E-state index contributed by atoms with van der Waals surface area (Å²) in [5.74, 6) is 0.709. The van der Waals surface area contributed by atoms with Crippen molar-refractivity contribution >= 4 is 23.1 Å². The van der Waals surface area contributed by atoms with Crippen LogP contribution in [0.5, 0.6) is 0 Å². The quantitative estimate of drug-likeness (QED) is 0.427. The average Bonchev–Trinajstić information content (AvgIpc) is 3.31. The zero-order valence-corrected chi connectivity index (χ0v) is 14.9. The van der Waals surface area contributed by atoms with E-state index in [2.05, 4.69) is 15.2 Å². The molecule has 4 nitrogen and oxygen atoms in total. The van der Waals surface area contributed by atoms with Crippen molar-refractivity contribution in [1.29, 1.82) is 0 Å². The van der Waals surface area contributed by atoms with Crippen LogP contribution >= 0.6 is 23.1 Å². The molecule has 26 heavy (non-hydrogen) atoms. The van der Waals surface area contributed by atoms with E-state index in [0.29, 0.717) is 23.1 Å². The van der Waals surface area contributed by atoms with Gasteiger partial charge >= 0.3 is 0 Å². The van der Waals surface area contributed by atoms with Crippen molar-refractivity contribution in [1.82, 2.24) is 15.2 Å². The van der Waals surface area contributed by atoms with Gasteiger partial charge in [-0.05, 0) is 48.5 Å². The summed E-state index contributed by atoms with van der Waals surface area (Å²) < 4.78 is 32.4. The van der Waals surface area contributed by atoms with Crippen molar-refractivity contribution in [2.24, 2.45) is 0 Å². The number of thioether (sulfide) groups is 1. The monoisotopic (exact) mass is 387 g/mol. The molecule has 0 aliphatic heterocycles. The highest BCUT2D eigenvalue weighted by molar-refractivity contribution is 8.00.